The van der Waals surface area contributed by atoms with Gasteiger partial charge in [-0.3, -0.25) is 9.59 Å². The highest BCUT2D eigenvalue weighted by atomic mass is 35.5. The molecule has 10 heteroatoms. The molecule has 0 saturated heterocycles. The van der Waals surface area contributed by atoms with Crippen LogP contribution in [0.5, 0.6) is 0 Å². The molecule has 0 saturated carbocycles. The minimum absolute atomic E-state index is 0.00969. The van der Waals surface area contributed by atoms with Crippen molar-refractivity contribution >= 4 is 46.6 Å². The number of halogens is 2. The summed E-state index contributed by atoms with van der Waals surface area (Å²) < 4.78 is 15.6. The van der Waals surface area contributed by atoms with Crippen molar-refractivity contribution < 1.29 is 14.0 Å². The minimum Gasteiger partial charge on any atom is -0.326 e. The van der Waals surface area contributed by atoms with Gasteiger partial charge in [0.2, 0.25) is 11.8 Å². The van der Waals surface area contributed by atoms with Crippen LogP contribution in [0.4, 0.5) is 15.8 Å². The van der Waals surface area contributed by atoms with Crippen molar-refractivity contribution in [3.8, 4) is 0 Å². The summed E-state index contributed by atoms with van der Waals surface area (Å²) in [6, 6.07) is 11.5. The summed E-state index contributed by atoms with van der Waals surface area (Å²) in [5, 5.41) is 14.3. The van der Waals surface area contributed by atoms with Gasteiger partial charge in [-0.1, -0.05) is 41.1 Å². The average molecular weight is 462 g/mol. The van der Waals surface area contributed by atoms with Crippen molar-refractivity contribution in [1.82, 2.24) is 14.8 Å². The van der Waals surface area contributed by atoms with E-state index in [1.807, 2.05) is 38.1 Å². The number of anilines is 2. The van der Waals surface area contributed by atoms with Crippen molar-refractivity contribution in [1.29, 1.82) is 0 Å². The van der Waals surface area contributed by atoms with E-state index in [2.05, 4.69) is 20.8 Å². The molecule has 0 atom stereocenters. The number of aryl methyl sites for hydroxylation is 1. The second-order valence-corrected chi connectivity index (χ2v) is 8.07. The molecule has 0 radical (unpaired) electrons. The molecule has 2 N–H and O–H groups in total. The van der Waals surface area contributed by atoms with Crippen LogP contribution in [0, 0.1) is 12.7 Å². The summed E-state index contributed by atoms with van der Waals surface area (Å²) in [6.07, 6.45) is 0.0530. The number of hydrogen-bond donors (Lipinski definition) is 2. The normalized spacial score (nSPS) is 10.7. The molecule has 162 valence electrons. The fourth-order valence-corrected chi connectivity index (χ4v) is 3.75. The zero-order valence-corrected chi connectivity index (χ0v) is 18.6. The van der Waals surface area contributed by atoms with E-state index in [-0.39, 0.29) is 28.8 Å². The standard InChI is InChI=1S/C21H21ClFN5O2S/c1-3-28-18(11-19(29)24-15-7-4-13(2)5-8-15)26-27-21(28)31-12-20(30)25-17-9-6-14(22)10-16(17)23/h4-10H,3,11-12H2,1-2H3,(H,24,29)(H,25,30). The lowest BCUT2D eigenvalue weighted by atomic mass is 10.2. The van der Waals surface area contributed by atoms with Gasteiger partial charge in [-0.05, 0) is 44.2 Å². The smallest absolute Gasteiger partial charge is 0.234 e. The Kier molecular flexibility index (Phi) is 7.64. The summed E-state index contributed by atoms with van der Waals surface area (Å²) in [5.41, 5.74) is 1.87. The molecule has 3 aromatic rings. The molecular formula is C21H21ClFN5O2S. The Labute approximate surface area is 188 Å². The number of carbonyl (C=O) groups is 2. The maximum atomic E-state index is 13.8. The van der Waals surface area contributed by atoms with Crippen LogP contribution in [0.25, 0.3) is 0 Å². The first-order valence-corrected chi connectivity index (χ1v) is 10.9. The maximum absolute atomic E-state index is 13.8. The quantitative estimate of drug-likeness (QED) is 0.488. The molecule has 0 aliphatic heterocycles. The molecule has 2 amide bonds. The number of nitrogens with zero attached hydrogens (tertiary/aromatic N) is 3. The lowest BCUT2D eigenvalue weighted by molar-refractivity contribution is -0.116. The average Bonchev–Trinajstić information content (AvgIpc) is 3.11. The molecule has 0 unspecified atom stereocenters. The van der Waals surface area contributed by atoms with Crippen LogP contribution in [0.15, 0.2) is 47.6 Å². The van der Waals surface area contributed by atoms with Gasteiger partial charge in [-0.25, -0.2) is 4.39 Å². The number of thioether (sulfide) groups is 1. The van der Waals surface area contributed by atoms with Gasteiger partial charge in [-0.15, -0.1) is 10.2 Å². The van der Waals surface area contributed by atoms with E-state index in [4.69, 9.17) is 11.6 Å². The van der Waals surface area contributed by atoms with E-state index in [9.17, 15) is 14.0 Å². The Hall–Kier alpha value is -2.91. The van der Waals surface area contributed by atoms with E-state index in [0.717, 1.165) is 23.4 Å². The van der Waals surface area contributed by atoms with Crippen LogP contribution < -0.4 is 10.6 Å². The predicted octanol–water partition coefficient (Wildman–Crippen LogP) is 4.31. The van der Waals surface area contributed by atoms with Crippen LogP contribution in [-0.2, 0) is 22.6 Å². The number of benzene rings is 2. The zero-order valence-electron chi connectivity index (χ0n) is 17.0. The van der Waals surface area contributed by atoms with Gasteiger partial charge in [0, 0.05) is 17.3 Å². The molecular weight excluding hydrogens is 441 g/mol. The van der Waals surface area contributed by atoms with E-state index in [0.29, 0.717) is 23.2 Å². The molecule has 1 aromatic heterocycles. The lowest BCUT2D eigenvalue weighted by Crippen LogP contribution is -2.18. The van der Waals surface area contributed by atoms with E-state index in [1.165, 1.54) is 12.1 Å². The molecule has 0 spiro atoms. The first-order chi connectivity index (χ1) is 14.9. The SMILES string of the molecule is CCn1c(CC(=O)Nc2ccc(C)cc2)nnc1SCC(=O)Nc1ccc(Cl)cc1F. The van der Waals surface area contributed by atoms with Crippen molar-refractivity contribution in [3.63, 3.8) is 0 Å². The van der Waals surface area contributed by atoms with Crippen molar-refractivity contribution in [2.75, 3.05) is 16.4 Å². The summed E-state index contributed by atoms with van der Waals surface area (Å²) >= 11 is 6.87. The Morgan fingerprint density at radius 2 is 1.84 bits per heavy atom. The molecule has 31 heavy (non-hydrogen) atoms. The van der Waals surface area contributed by atoms with Crippen LogP contribution in [0.1, 0.15) is 18.3 Å². The lowest BCUT2D eigenvalue weighted by Gasteiger charge is -2.09. The topological polar surface area (TPSA) is 88.9 Å². The Morgan fingerprint density at radius 1 is 1.10 bits per heavy atom. The second kappa shape index (κ2) is 10.4. The third-order valence-electron chi connectivity index (χ3n) is 4.30. The highest BCUT2D eigenvalue weighted by molar-refractivity contribution is 7.99. The summed E-state index contributed by atoms with van der Waals surface area (Å²) in [6.45, 7) is 4.41. The van der Waals surface area contributed by atoms with Crippen LogP contribution >= 0.6 is 23.4 Å². The number of nitrogens with one attached hydrogen (secondary N) is 2. The highest BCUT2D eigenvalue weighted by Crippen LogP contribution is 2.21. The molecule has 0 bridgehead atoms. The Bertz CT molecular complexity index is 1090. The van der Waals surface area contributed by atoms with Gasteiger partial charge in [0.15, 0.2) is 5.16 Å². The summed E-state index contributed by atoms with van der Waals surface area (Å²) in [7, 11) is 0. The van der Waals surface area contributed by atoms with Crippen LogP contribution in [0.2, 0.25) is 5.02 Å². The number of rotatable bonds is 8. The minimum atomic E-state index is -0.607. The molecule has 2 aromatic carbocycles. The monoisotopic (exact) mass is 461 g/mol. The first-order valence-electron chi connectivity index (χ1n) is 9.52. The largest absolute Gasteiger partial charge is 0.326 e. The van der Waals surface area contributed by atoms with E-state index >= 15 is 0 Å². The second-order valence-electron chi connectivity index (χ2n) is 6.70. The molecule has 0 aliphatic carbocycles. The van der Waals surface area contributed by atoms with Crippen LogP contribution in [-0.4, -0.2) is 32.3 Å². The first kappa shape index (κ1) is 22.8. The summed E-state index contributed by atoms with van der Waals surface area (Å²) in [5.74, 6) is -0.701. The Balaban J connectivity index is 1.58. The fraction of sp³-hybridized carbons (Fsp3) is 0.238. The third kappa shape index (κ3) is 6.28. The molecule has 3 rings (SSSR count). The third-order valence-corrected chi connectivity index (χ3v) is 5.50. The number of amides is 2. The van der Waals surface area contributed by atoms with Crippen molar-refractivity contribution in [2.45, 2.75) is 32.0 Å². The molecule has 0 aliphatic rings. The predicted molar refractivity (Wildman–Crippen MR) is 120 cm³/mol. The van der Waals surface area contributed by atoms with E-state index < -0.39 is 11.7 Å². The molecule has 1 heterocycles. The van der Waals surface area contributed by atoms with Gasteiger partial charge >= 0.3 is 0 Å². The molecule has 7 nitrogen and oxygen atoms in total. The van der Waals surface area contributed by atoms with Gasteiger partial charge in [-0.2, -0.15) is 0 Å². The molecule has 0 fully saturated rings. The van der Waals surface area contributed by atoms with Crippen molar-refractivity contribution in [3.05, 3.63) is 64.7 Å². The van der Waals surface area contributed by atoms with E-state index in [1.54, 1.807) is 4.57 Å². The van der Waals surface area contributed by atoms with Gasteiger partial charge < -0.3 is 15.2 Å². The van der Waals surface area contributed by atoms with Gasteiger partial charge in [0.25, 0.3) is 0 Å². The number of aromatic nitrogens is 3. The van der Waals surface area contributed by atoms with Gasteiger partial charge in [0.05, 0.1) is 17.9 Å². The maximum Gasteiger partial charge on any atom is 0.234 e. The van der Waals surface area contributed by atoms with Crippen molar-refractivity contribution in [2.24, 2.45) is 0 Å². The summed E-state index contributed by atoms with van der Waals surface area (Å²) in [4.78, 5) is 24.5. The fourth-order valence-electron chi connectivity index (χ4n) is 2.77. The number of carbonyl (C=O) groups excluding carboxylic acids is 2. The van der Waals surface area contributed by atoms with Gasteiger partial charge in [0.1, 0.15) is 11.6 Å². The highest BCUT2D eigenvalue weighted by Gasteiger charge is 2.16. The Morgan fingerprint density at radius 3 is 2.52 bits per heavy atom. The van der Waals surface area contributed by atoms with Crippen LogP contribution in [0.3, 0.4) is 0 Å². The zero-order chi connectivity index (χ0) is 22.4. The number of hydrogen-bond acceptors (Lipinski definition) is 5.